The Bertz CT molecular complexity index is 1060. The second-order valence-electron chi connectivity index (χ2n) is 7.64. The second kappa shape index (κ2) is 9.04. The molecule has 7 nitrogen and oxygen atoms in total. The minimum Gasteiger partial charge on any atom is -0.360 e. The molecule has 0 saturated carbocycles. The van der Waals surface area contributed by atoms with E-state index in [1.54, 1.807) is 6.20 Å². The summed E-state index contributed by atoms with van der Waals surface area (Å²) in [5.74, 6) is 1.03. The molecular formula is C22H27N5O2S. The van der Waals surface area contributed by atoms with Gasteiger partial charge in [0, 0.05) is 42.2 Å². The maximum atomic E-state index is 13.1. The topological polar surface area (TPSA) is 83.9 Å². The molecule has 1 saturated heterocycles. The number of carbonyl (C=O) groups excluding carboxylic acids is 2. The first-order valence-electron chi connectivity index (χ1n) is 10.5. The van der Waals surface area contributed by atoms with Gasteiger partial charge in [0.15, 0.2) is 16.8 Å². The lowest BCUT2D eigenvalue weighted by Crippen LogP contribution is -2.31. The molecule has 0 bridgehead atoms. The molecule has 1 fully saturated rings. The Morgan fingerprint density at radius 1 is 1.23 bits per heavy atom. The number of amides is 1. The average molecular weight is 426 g/mol. The molecule has 3 heterocycles. The number of hydrogen-bond donors (Lipinski definition) is 1. The molecule has 30 heavy (non-hydrogen) atoms. The number of rotatable bonds is 7. The van der Waals surface area contributed by atoms with E-state index < -0.39 is 0 Å². The van der Waals surface area contributed by atoms with Gasteiger partial charge in [-0.3, -0.25) is 9.59 Å². The molecule has 1 aliphatic rings. The quantitative estimate of drug-likeness (QED) is 0.456. The van der Waals surface area contributed by atoms with E-state index in [2.05, 4.69) is 15.2 Å². The Morgan fingerprint density at radius 3 is 2.90 bits per heavy atom. The van der Waals surface area contributed by atoms with Gasteiger partial charge in [-0.1, -0.05) is 36.4 Å². The lowest BCUT2D eigenvalue weighted by Gasteiger charge is -2.20. The van der Waals surface area contributed by atoms with E-state index >= 15 is 0 Å². The fourth-order valence-electron chi connectivity index (χ4n) is 3.92. The molecule has 1 atom stereocenters. The lowest BCUT2D eigenvalue weighted by atomic mass is 10.1. The van der Waals surface area contributed by atoms with Crippen molar-refractivity contribution in [3.05, 3.63) is 41.9 Å². The Hall–Kier alpha value is -2.61. The van der Waals surface area contributed by atoms with Crippen molar-refractivity contribution < 1.29 is 9.59 Å². The number of benzene rings is 1. The number of thioether (sulfide) groups is 1. The number of ketones is 1. The summed E-state index contributed by atoms with van der Waals surface area (Å²) in [6.07, 6.45) is 5.48. The zero-order valence-electron chi connectivity index (χ0n) is 17.4. The van der Waals surface area contributed by atoms with Crippen LogP contribution < -0.4 is 0 Å². The predicted octanol–water partition coefficient (Wildman–Crippen LogP) is 4.05. The number of para-hydroxylation sites is 1. The molecule has 1 unspecified atom stereocenters. The number of hydrogen-bond acceptors (Lipinski definition) is 5. The van der Waals surface area contributed by atoms with Crippen molar-refractivity contribution in [2.24, 2.45) is 0 Å². The highest BCUT2D eigenvalue weighted by Crippen LogP contribution is 2.28. The summed E-state index contributed by atoms with van der Waals surface area (Å²) >= 11 is 1.42. The van der Waals surface area contributed by atoms with Crippen molar-refractivity contribution in [3.8, 4) is 0 Å². The minimum absolute atomic E-state index is 0.0624. The highest BCUT2D eigenvalue weighted by Gasteiger charge is 2.24. The van der Waals surface area contributed by atoms with Crippen LogP contribution in [0.4, 0.5) is 0 Å². The van der Waals surface area contributed by atoms with Gasteiger partial charge in [0.2, 0.25) is 5.91 Å². The molecule has 1 N–H and O–H groups in total. The van der Waals surface area contributed by atoms with Gasteiger partial charge in [0.1, 0.15) is 0 Å². The maximum absolute atomic E-state index is 13.1. The zero-order chi connectivity index (χ0) is 21.1. The summed E-state index contributed by atoms with van der Waals surface area (Å²) in [5, 5.41) is 10.1. The van der Waals surface area contributed by atoms with Gasteiger partial charge in [-0.25, -0.2) is 0 Å². The van der Waals surface area contributed by atoms with Crippen LogP contribution in [0.5, 0.6) is 0 Å². The Morgan fingerprint density at radius 2 is 2.07 bits per heavy atom. The lowest BCUT2D eigenvalue weighted by molar-refractivity contribution is -0.131. The molecule has 4 rings (SSSR count). The fraction of sp³-hybridized carbons (Fsp3) is 0.455. The van der Waals surface area contributed by atoms with E-state index in [1.807, 2.05) is 47.6 Å². The van der Waals surface area contributed by atoms with Crippen molar-refractivity contribution >= 4 is 34.4 Å². The number of aromatic nitrogens is 4. The van der Waals surface area contributed by atoms with Gasteiger partial charge in [-0.05, 0) is 32.8 Å². The largest absolute Gasteiger partial charge is 0.360 e. The highest BCUT2D eigenvalue weighted by atomic mass is 32.2. The van der Waals surface area contributed by atoms with E-state index in [-0.39, 0.29) is 16.9 Å². The van der Waals surface area contributed by atoms with E-state index in [0.717, 1.165) is 47.7 Å². The molecule has 8 heteroatoms. The van der Waals surface area contributed by atoms with Crippen molar-refractivity contribution in [2.45, 2.75) is 63.0 Å². The van der Waals surface area contributed by atoms with Crippen molar-refractivity contribution in [3.63, 3.8) is 0 Å². The van der Waals surface area contributed by atoms with Gasteiger partial charge in [-0.15, -0.1) is 10.2 Å². The summed E-state index contributed by atoms with van der Waals surface area (Å²) in [5.41, 5.74) is 1.66. The highest BCUT2D eigenvalue weighted by molar-refractivity contribution is 8.00. The normalized spacial score (nSPS) is 16.1. The van der Waals surface area contributed by atoms with E-state index in [1.165, 1.54) is 11.8 Å². The molecule has 2 aromatic heterocycles. The molecular weight excluding hydrogens is 398 g/mol. The predicted molar refractivity (Wildman–Crippen MR) is 118 cm³/mol. The number of aromatic amines is 1. The third kappa shape index (κ3) is 4.14. The van der Waals surface area contributed by atoms with Crippen LogP contribution in [0.25, 0.3) is 10.9 Å². The summed E-state index contributed by atoms with van der Waals surface area (Å²) < 4.78 is 2.02. The van der Waals surface area contributed by atoms with E-state index in [0.29, 0.717) is 25.1 Å². The Balaban J connectivity index is 1.50. The van der Waals surface area contributed by atoms with Gasteiger partial charge in [0.25, 0.3) is 0 Å². The standard InChI is InChI=1S/C22H27N5O2S/c1-3-27-19(14-26-12-8-4-5-11-20(26)28)24-25-22(27)30-15(2)21(29)17-13-23-18-10-7-6-9-16(17)18/h6-7,9-10,13,15,23H,3-5,8,11-12,14H2,1-2H3. The molecule has 158 valence electrons. The van der Waals surface area contributed by atoms with Gasteiger partial charge in [-0.2, -0.15) is 0 Å². The molecule has 0 aliphatic carbocycles. The van der Waals surface area contributed by atoms with Crippen molar-refractivity contribution in [2.75, 3.05) is 6.54 Å². The van der Waals surface area contributed by atoms with Crippen LogP contribution in [0.1, 0.15) is 55.7 Å². The Kier molecular flexibility index (Phi) is 6.22. The number of nitrogens with one attached hydrogen (secondary N) is 1. The van der Waals surface area contributed by atoms with Crippen LogP contribution in [0.2, 0.25) is 0 Å². The summed E-state index contributed by atoms with van der Waals surface area (Å²) in [4.78, 5) is 30.5. The van der Waals surface area contributed by atoms with Crippen LogP contribution in [-0.2, 0) is 17.9 Å². The molecule has 1 aromatic carbocycles. The first-order valence-corrected chi connectivity index (χ1v) is 11.4. The van der Waals surface area contributed by atoms with Crippen molar-refractivity contribution in [1.82, 2.24) is 24.6 Å². The summed E-state index contributed by atoms with van der Waals surface area (Å²) in [7, 11) is 0. The minimum atomic E-state index is -0.300. The van der Waals surface area contributed by atoms with Crippen LogP contribution in [0.3, 0.4) is 0 Å². The number of nitrogens with zero attached hydrogens (tertiary/aromatic N) is 4. The summed E-state index contributed by atoms with van der Waals surface area (Å²) in [6.45, 7) is 5.88. The molecule has 3 aromatic rings. The van der Waals surface area contributed by atoms with Crippen LogP contribution in [-0.4, -0.2) is 48.1 Å². The molecule has 1 amide bonds. The third-order valence-corrected chi connectivity index (χ3v) is 6.70. The number of fused-ring (bicyclic) bond motifs is 1. The summed E-state index contributed by atoms with van der Waals surface area (Å²) in [6, 6.07) is 7.82. The maximum Gasteiger partial charge on any atom is 0.222 e. The number of H-pyrrole nitrogens is 1. The average Bonchev–Trinajstić information content (AvgIpc) is 3.29. The van der Waals surface area contributed by atoms with E-state index in [9.17, 15) is 9.59 Å². The molecule has 0 spiro atoms. The molecule has 1 aliphatic heterocycles. The van der Waals surface area contributed by atoms with Crippen LogP contribution in [0.15, 0.2) is 35.6 Å². The van der Waals surface area contributed by atoms with Crippen LogP contribution in [0, 0.1) is 0 Å². The van der Waals surface area contributed by atoms with E-state index in [4.69, 9.17) is 0 Å². The first-order chi connectivity index (χ1) is 14.6. The number of Topliss-reactive ketones (excluding diaryl/α,β-unsaturated/α-hetero) is 1. The number of carbonyl (C=O) groups is 2. The Labute approximate surface area is 180 Å². The number of likely N-dealkylation sites (tertiary alicyclic amines) is 1. The smallest absolute Gasteiger partial charge is 0.222 e. The molecule has 0 radical (unpaired) electrons. The third-order valence-electron chi connectivity index (χ3n) is 5.62. The van der Waals surface area contributed by atoms with Crippen LogP contribution >= 0.6 is 11.8 Å². The van der Waals surface area contributed by atoms with Crippen molar-refractivity contribution in [1.29, 1.82) is 0 Å². The fourth-order valence-corrected chi connectivity index (χ4v) is 4.92. The van der Waals surface area contributed by atoms with Gasteiger partial charge in [0.05, 0.1) is 11.8 Å². The van der Waals surface area contributed by atoms with Gasteiger partial charge >= 0.3 is 0 Å². The second-order valence-corrected chi connectivity index (χ2v) is 8.95. The zero-order valence-corrected chi connectivity index (χ0v) is 18.2. The first kappa shape index (κ1) is 20.7. The SMILES string of the molecule is CCn1c(CN2CCCCCC2=O)nnc1SC(C)C(=O)c1c[nH]c2ccccc12. The monoisotopic (exact) mass is 425 g/mol. The van der Waals surface area contributed by atoms with Gasteiger partial charge < -0.3 is 14.5 Å².